The van der Waals surface area contributed by atoms with Crippen molar-refractivity contribution in [2.24, 2.45) is 11.3 Å². The molecule has 0 radical (unpaired) electrons. The average molecular weight is 472 g/mol. The Morgan fingerprint density at radius 2 is 1.94 bits per heavy atom. The van der Waals surface area contributed by atoms with E-state index in [9.17, 15) is 18.0 Å². The summed E-state index contributed by atoms with van der Waals surface area (Å²) in [7, 11) is 1.63. The molecule has 0 N–H and O–H groups in total. The summed E-state index contributed by atoms with van der Waals surface area (Å²) in [5, 5.41) is 9.10. The zero-order chi connectivity index (χ0) is 24.5. The van der Waals surface area contributed by atoms with Crippen molar-refractivity contribution >= 4 is 11.6 Å². The zero-order valence-electron chi connectivity index (χ0n) is 19.4. The van der Waals surface area contributed by atoms with Gasteiger partial charge in [-0.25, -0.2) is 0 Å². The van der Waals surface area contributed by atoms with Crippen LogP contribution in [0.5, 0.6) is 0 Å². The standard InChI is InChI=1S/C26H28F3N3O2/c1-3-18-4-6-19(7-5-18)24(33)31-11-10-25(17-34-2)16-32(15-21(25)14-31)22-9-8-20(13-30)23(12-22)26(27,28)29/h4-9,12,21H,3,10-11,14-17H2,1-2H3/t21-,25+/m1/s1. The van der Waals surface area contributed by atoms with Crippen LogP contribution in [0, 0.1) is 22.7 Å². The number of nitrogens with zero attached hydrogens (tertiary/aromatic N) is 3. The predicted octanol–water partition coefficient (Wildman–Crippen LogP) is 4.75. The summed E-state index contributed by atoms with van der Waals surface area (Å²) in [6.07, 6.45) is -2.99. The van der Waals surface area contributed by atoms with Crippen molar-refractivity contribution in [2.75, 3.05) is 44.8 Å². The van der Waals surface area contributed by atoms with Crippen LogP contribution in [0.25, 0.3) is 0 Å². The highest BCUT2D eigenvalue weighted by Crippen LogP contribution is 2.45. The molecule has 180 valence electrons. The lowest BCUT2D eigenvalue weighted by Gasteiger charge is -2.43. The molecule has 2 aromatic carbocycles. The van der Waals surface area contributed by atoms with E-state index in [0.717, 1.165) is 12.5 Å². The van der Waals surface area contributed by atoms with Crippen LogP contribution in [0.4, 0.5) is 18.9 Å². The minimum atomic E-state index is -4.60. The van der Waals surface area contributed by atoms with Crippen molar-refractivity contribution in [3.8, 4) is 6.07 Å². The van der Waals surface area contributed by atoms with Gasteiger partial charge in [-0.15, -0.1) is 0 Å². The van der Waals surface area contributed by atoms with Crippen LogP contribution >= 0.6 is 0 Å². The van der Waals surface area contributed by atoms with E-state index < -0.39 is 11.7 Å². The van der Waals surface area contributed by atoms with Crippen molar-refractivity contribution in [2.45, 2.75) is 25.9 Å². The minimum absolute atomic E-state index is 0.0233. The van der Waals surface area contributed by atoms with E-state index in [0.29, 0.717) is 50.5 Å². The Bertz CT molecular complexity index is 1090. The Hall–Kier alpha value is -3.05. The van der Waals surface area contributed by atoms with Gasteiger partial charge in [-0.2, -0.15) is 18.4 Å². The second-order valence-corrected chi connectivity index (χ2v) is 9.26. The van der Waals surface area contributed by atoms with Crippen LogP contribution in [0.15, 0.2) is 42.5 Å². The minimum Gasteiger partial charge on any atom is -0.384 e. The molecule has 1 amide bonds. The summed E-state index contributed by atoms with van der Waals surface area (Å²) < 4.78 is 46.1. The molecule has 2 aliphatic rings. The first-order valence-electron chi connectivity index (χ1n) is 11.4. The third kappa shape index (κ3) is 4.49. The van der Waals surface area contributed by atoms with Crippen molar-refractivity contribution in [1.82, 2.24) is 4.90 Å². The third-order valence-electron chi connectivity index (χ3n) is 7.26. The van der Waals surface area contributed by atoms with Gasteiger partial charge in [0.1, 0.15) is 0 Å². The van der Waals surface area contributed by atoms with E-state index in [1.165, 1.54) is 11.6 Å². The molecule has 34 heavy (non-hydrogen) atoms. The Kier molecular flexibility index (Phi) is 6.59. The van der Waals surface area contributed by atoms with Crippen LogP contribution < -0.4 is 4.90 Å². The number of carbonyl (C=O) groups is 1. The molecule has 2 atom stereocenters. The molecule has 4 rings (SSSR count). The number of alkyl halides is 3. The SMILES string of the molecule is CCc1ccc(C(=O)N2CC[C@@]3(COC)CN(c4ccc(C#N)c(C(F)(F)F)c4)C[C@H]3C2)cc1. The van der Waals surface area contributed by atoms with E-state index >= 15 is 0 Å². The van der Waals surface area contributed by atoms with E-state index in [2.05, 4.69) is 6.92 Å². The van der Waals surface area contributed by atoms with Gasteiger partial charge in [0.2, 0.25) is 0 Å². The molecule has 0 spiro atoms. The van der Waals surface area contributed by atoms with Gasteiger partial charge in [0.15, 0.2) is 0 Å². The summed E-state index contributed by atoms with van der Waals surface area (Å²) in [4.78, 5) is 16.9. The Morgan fingerprint density at radius 3 is 2.56 bits per heavy atom. The summed E-state index contributed by atoms with van der Waals surface area (Å²) in [6.45, 7) is 4.70. The first-order chi connectivity index (χ1) is 16.2. The molecule has 0 saturated carbocycles. The molecule has 2 heterocycles. The molecular formula is C26H28F3N3O2. The lowest BCUT2D eigenvalue weighted by molar-refractivity contribution is -0.137. The molecule has 5 nitrogen and oxygen atoms in total. The number of aryl methyl sites for hydroxylation is 1. The van der Waals surface area contributed by atoms with Gasteiger partial charge < -0.3 is 14.5 Å². The summed E-state index contributed by atoms with van der Waals surface area (Å²) >= 11 is 0. The number of nitriles is 1. The molecule has 0 aliphatic carbocycles. The van der Waals surface area contributed by atoms with Gasteiger partial charge >= 0.3 is 6.18 Å². The molecule has 2 fully saturated rings. The van der Waals surface area contributed by atoms with Crippen LogP contribution in [-0.2, 0) is 17.3 Å². The van der Waals surface area contributed by atoms with Crippen LogP contribution in [0.3, 0.4) is 0 Å². The average Bonchev–Trinajstić information content (AvgIpc) is 3.21. The fourth-order valence-electron chi connectivity index (χ4n) is 5.31. The number of fused-ring (bicyclic) bond motifs is 1. The van der Waals surface area contributed by atoms with Gasteiger partial charge in [-0.3, -0.25) is 4.79 Å². The fourth-order valence-corrected chi connectivity index (χ4v) is 5.31. The normalized spacial score (nSPS) is 22.4. The number of piperidine rings is 1. The van der Waals surface area contributed by atoms with Gasteiger partial charge in [0.05, 0.1) is 23.8 Å². The van der Waals surface area contributed by atoms with E-state index in [4.69, 9.17) is 10.00 Å². The highest BCUT2D eigenvalue weighted by atomic mass is 19.4. The number of likely N-dealkylation sites (tertiary alicyclic amines) is 1. The number of methoxy groups -OCH3 is 1. The smallest absolute Gasteiger partial charge is 0.384 e. The van der Waals surface area contributed by atoms with Crippen LogP contribution in [0.1, 0.15) is 40.4 Å². The second kappa shape index (κ2) is 9.30. The zero-order valence-corrected chi connectivity index (χ0v) is 19.4. The number of ether oxygens (including phenoxy) is 1. The van der Waals surface area contributed by atoms with Gasteiger partial charge in [-0.1, -0.05) is 19.1 Å². The first-order valence-corrected chi connectivity index (χ1v) is 11.4. The highest BCUT2D eigenvalue weighted by Gasteiger charge is 2.50. The predicted molar refractivity (Wildman–Crippen MR) is 123 cm³/mol. The number of carbonyl (C=O) groups excluding carboxylic acids is 1. The molecule has 8 heteroatoms. The van der Waals surface area contributed by atoms with Crippen LogP contribution in [0.2, 0.25) is 0 Å². The highest BCUT2D eigenvalue weighted by molar-refractivity contribution is 5.94. The van der Waals surface area contributed by atoms with Gasteiger partial charge in [0.25, 0.3) is 5.91 Å². The molecule has 2 aliphatic heterocycles. The number of hydrogen-bond acceptors (Lipinski definition) is 4. The first kappa shape index (κ1) is 24.1. The number of hydrogen-bond donors (Lipinski definition) is 0. The van der Waals surface area contributed by atoms with Crippen molar-refractivity contribution in [3.05, 3.63) is 64.7 Å². The van der Waals surface area contributed by atoms with Gasteiger partial charge in [-0.05, 0) is 48.7 Å². The van der Waals surface area contributed by atoms with Crippen molar-refractivity contribution < 1.29 is 22.7 Å². The number of benzene rings is 2. The third-order valence-corrected chi connectivity index (χ3v) is 7.26. The van der Waals surface area contributed by atoms with E-state index in [1.807, 2.05) is 34.1 Å². The number of amides is 1. The van der Waals surface area contributed by atoms with Crippen molar-refractivity contribution in [3.63, 3.8) is 0 Å². The Labute approximate surface area is 197 Å². The van der Waals surface area contributed by atoms with Crippen molar-refractivity contribution in [1.29, 1.82) is 5.26 Å². The Balaban J connectivity index is 1.57. The summed E-state index contributed by atoms with van der Waals surface area (Å²) in [5.74, 6) is 0.0369. The van der Waals surface area contributed by atoms with Crippen LogP contribution in [-0.4, -0.2) is 50.7 Å². The summed E-state index contributed by atoms with van der Waals surface area (Å²) in [6, 6.07) is 13.1. The number of halogens is 3. The lowest BCUT2D eigenvalue weighted by atomic mass is 9.73. The molecule has 0 unspecified atom stereocenters. The number of anilines is 1. The maximum Gasteiger partial charge on any atom is 0.417 e. The molecule has 2 saturated heterocycles. The molecule has 0 bridgehead atoms. The summed E-state index contributed by atoms with van der Waals surface area (Å²) in [5.41, 5.74) is 0.698. The van der Waals surface area contributed by atoms with E-state index in [1.54, 1.807) is 19.2 Å². The molecular weight excluding hydrogens is 443 g/mol. The second-order valence-electron chi connectivity index (χ2n) is 9.26. The Morgan fingerprint density at radius 1 is 1.21 bits per heavy atom. The molecule has 0 aromatic heterocycles. The largest absolute Gasteiger partial charge is 0.417 e. The topological polar surface area (TPSA) is 56.6 Å². The maximum absolute atomic E-state index is 13.5. The monoisotopic (exact) mass is 471 g/mol. The molecule has 2 aromatic rings. The lowest BCUT2D eigenvalue weighted by Crippen LogP contribution is -2.50. The van der Waals surface area contributed by atoms with Gasteiger partial charge in [0, 0.05) is 55.9 Å². The quantitative estimate of drug-likeness (QED) is 0.631. The maximum atomic E-state index is 13.5. The number of rotatable bonds is 5. The fraction of sp³-hybridized carbons (Fsp3) is 0.462. The van der Waals surface area contributed by atoms with E-state index in [-0.39, 0.29) is 22.8 Å².